The minimum absolute atomic E-state index is 0.317. The number of allylic oxidation sites excluding steroid dienone is 6. The molecule has 0 N–H and O–H groups in total. The Morgan fingerprint density at radius 1 is 1.19 bits per heavy atom. The van der Waals surface area contributed by atoms with Crippen molar-refractivity contribution in [3.63, 3.8) is 0 Å². The van der Waals surface area contributed by atoms with Gasteiger partial charge in [0.05, 0.1) is 11.5 Å². The predicted molar refractivity (Wildman–Crippen MR) is 109 cm³/mol. The second kappa shape index (κ2) is 11.6. The zero-order valence-corrected chi connectivity index (χ0v) is 17.6. The van der Waals surface area contributed by atoms with Crippen molar-refractivity contribution in [2.75, 3.05) is 13.1 Å². The molecule has 0 bridgehead atoms. The Morgan fingerprint density at radius 3 is 2.27 bits per heavy atom. The third-order valence-electron chi connectivity index (χ3n) is 4.33. The molecule has 1 unspecified atom stereocenters. The van der Waals surface area contributed by atoms with Gasteiger partial charge in [0.25, 0.3) is 0 Å². The van der Waals surface area contributed by atoms with Crippen LogP contribution in [0.1, 0.15) is 67.7 Å². The highest BCUT2D eigenvalue weighted by molar-refractivity contribution is 5.68. The van der Waals surface area contributed by atoms with Crippen molar-refractivity contribution in [1.82, 2.24) is 4.90 Å². The van der Waals surface area contributed by atoms with Crippen LogP contribution in [-0.2, 0) is 4.74 Å². The molecule has 0 aromatic rings. The second-order valence-electron chi connectivity index (χ2n) is 7.48. The highest BCUT2D eigenvalue weighted by Crippen LogP contribution is 2.34. The fourth-order valence-corrected chi connectivity index (χ4v) is 2.56. The molecule has 146 valence electrons. The molecule has 26 heavy (non-hydrogen) atoms. The minimum Gasteiger partial charge on any atom is -0.444 e. The number of carbonyl (C=O) groups is 1. The van der Waals surface area contributed by atoms with Crippen LogP contribution in [0, 0.1) is 16.7 Å². The highest BCUT2D eigenvalue weighted by Gasteiger charge is 2.30. The molecule has 4 nitrogen and oxygen atoms in total. The summed E-state index contributed by atoms with van der Waals surface area (Å²) in [6.07, 6.45) is 11.8. The monoisotopic (exact) mass is 360 g/mol. The van der Waals surface area contributed by atoms with Gasteiger partial charge in [-0.15, -0.1) is 0 Å². The van der Waals surface area contributed by atoms with Crippen molar-refractivity contribution in [2.24, 2.45) is 5.41 Å². The van der Waals surface area contributed by atoms with E-state index >= 15 is 0 Å². The van der Waals surface area contributed by atoms with Gasteiger partial charge in [0.1, 0.15) is 5.60 Å². The molecule has 0 radical (unpaired) electrons. The van der Waals surface area contributed by atoms with Crippen LogP contribution in [-0.4, -0.2) is 29.7 Å². The van der Waals surface area contributed by atoms with E-state index in [0.29, 0.717) is 25.9 Å². The molecular weight excluding hydrogens is 324 g/mol. The number of carbonyl (C=O) groups excluding carboxylic acids is 1. The number of ether oxygens (including phenoxy) is 1. The van der Waals surface area contributed by atoms with Gasteiger partial charge >= 0.3 is 6.09 Å². The number of hydrogen-bond donors (Lipinski definition) is 0. The van der Waals surface area contributed by atoms with E-state index in [4.69, 9.17) is 4.74 Å². The van der Waals surface area contributed by atoms with Crippen LogP contribution in [0.4, 0.5) is 4.79 Å². The number of nitriles is 1. The minimum atomic E-state index is -0.517. The first-order chi connectivity index (χ1) is 12.2. The molecule has 0 fully saturated rings. The van der Waals surface area contributed by atoms with Crippen LogP contribution in [0.15, 0.2) is 36.0 Å². The quantitative estimate of drug-likeness (QED) is 0.472. The molecule has 4 heteroatoms. The average Bonchev–Trinajstić information content (AvgIpc) is 2.58. The van der Waals surface area contributed by atoms with Crippen LogP contribution in [0.5, 0.6) is 0 Å². The predicted octanol–water partition coefficient (Wildman–Crippen LogP) is 6.02. The highest BCUT2D eigenvalue weighted by atomic mass is 16.6. The van der Waals surface area contributed by atoms with Gasteiger partial charge in [-0.05, 0) is 60.8 Å². The molecule has 0 saturated heterocycles. The average molecular weight is 361 g/mol. The first kappa shape index (κ1) is 24.0. The molecule has 0 spiro atoms. The topological polar surface area (TPSA) is 53.3 Å². The Kier molecular flexibility index (Phi) is 10.7. The van der Waals surface area contributed by atoms with Crippen molar-refractivity contribution in [1.29, 1.82) is 5.26 Å². The lowest BCUT2D eigenvalue weighted by Gasteiger charge is -2.31. The molecule has 0 saturated carbocycles. The van der Waals surface area contributed by atoms with Crippen molar-refractivity contribution >= 4 is 6.09 Å². The van der Waals surface area contributed by atoms with Gasteiger partial charge in [-0.25, -0.2) is 4.79 Å². The lowest BCUT2D eigenvalue weighted by molar-refractivity contribution is 0.0242. The SMILES string of the molecule is C\C=C/C=C\C(=C/C)CC(C#N)(CC)CCN(CC)C(=O)OC(C)(C)C. The van der Waals surface area contributed by atoms with Crippen molar-refractivity contribution in [2.45, 2.75) is 73.3 Å². The Labute approximate surface area is 160 Å². The Balaban J connectivity index is 5.14. The van der Waals surface area contributed by atoms with E-state index in [1.807, 2.05) is 78.8 Å². The van der Waals surface area contributed by atoms with Gasteiger partial charge in [0, 0.05) is 13.1 Å². The van der Waals surface area contributed by atoms with Gasteiger partial charge in [-0.2, -0.15) is 5.26 Å². The van der Waals surface area contributed by atoms with E-state index < -0.39 is 11.0 Å². The Bertz CT molecular complexity index is 562. The molecule has 0 aliphatic rings. The van der Waals surface area contributed by atoms with E-state index in [-0.39, 0.29) is 6.09 Å². The molecular formula is C22H36N2O2. The van der Waals surface area contributed by atoms with Crippen LogP contribution >= 0.6 is 0 Å². The summed E-state index contributed by atoms with van der Waals surface area (Å²) in [5.74, 6) is 0. The summed E-state index contributed by atoms with van der Waals surface area (Å²) in [6.45, 7) is 14.6. The summed E-state index contributed by atoms with van der Waals surface area (Å²) in [7, 11) is 0. The standard InChI is InChI=1S/C22H36N2O2/c1-8-12-13-14-19(9-2)17-22(10-3,18-23)15-16-24(11-4)20(25)26-21(5,6)7/h8-9,12-14H,10-11,15-17H2,1-7H3/b12-8-,14-13-,19-9+. The van der Waals surface area contributed by atoms with E-state index in [9.17, 15) is 10.1 Å². The normalized spacial score (nSPS) is 15.1. The second-order valence-corrected chi connectivity index (χ2v) is 7.48. The molecule has 0 rings (SSSR count). The number of amides is 1. The maximum atomic E-state index is 12.3. The van der Waals surface area contributed by atoms with Gasteiger partial charge in [0.2, 0.25) is 0 Å². The lowest BCUT2D eigenvalue weighted by Crippen LogP contribution is -2.39. The molecule has 0 aliphatic heterocycles. The Hall–Kier alpha value is -2.02. The Morgan fingerprint density at radius 2 is 1.85 bits per heavy atom. The number of hydrogen-bond acceptors (Lipinski definition) is 3. The van der Waals surface area contributed by atoms with E-state index in [1.165, 1.54) is 0 Å². The van der Waals surface area contributed by atoms with Crippen LogP contribution in [0.25, 0.3) is 0 Å². The van der Waals surface area contributed by atoms with E-state index in [0.717, 1.165) is 12.0 Å². The fraction of sp³-hybridized carbons (Fsp3) is 0.636. The van der Waals surface area contributed by atoms with Gasteiger partial charge in [-0.1, -0.05) is 42.9 Å². The molecule has 0 aromatic carbocycles. The summed E-state index contributed by atoms with van der Waals surface area (Å²) >= 11 is 0. The van der Waals surface area contributed by atoms with Crippen molar-refractivity contribution in [3.8, 4) is 6.07 Å². The van der Waals surface area contributed by atoms with Gasteiger partial charge < -0.3 is 9.64 Å². The summed E-state index contributed by atoms with van der Waals surface area (Å²) < 4.78 is 5.46. The van der Waals surface area contributed by atoms with Gasteiger partial charge in [0.15, 0.2) is 0 Å². The first-order valence-electron chi connectivity index (χ1n) is 9.50. The maximum absolute atomic E-state index is 12.3. The zero-order valence-electron chi connectivity index (χ0n) is 17.6. The van der Waals surface area contributed by atoms with Crippen LogP contribution in [0.2, 0.25) is 0 Å². The smallest absolute Gasteiger partial charge is 0.410 e. The summed E-state index contributed by atoms with van der Waals surface area (Å²) in [4.78, 5) is 14.0. The van der Waals surface area contributed by atoms with Gasteiger partial charge in [-0.3, -0.25) is 0 Å². The molecule has 0 aliphatic carbocycles. The summed E-state index contributed by atoms with van der Waals surface area (Å²) in [5, 5.41) is 9.85. The van der Waals surface area contributed by atoms with E-state index in [1.54, 1.807) is 4.90 Å². The lowest BCUT2D eigenvalue weighted by atomic mass is 9.77. The first-order valence-corrected chi connectivity index (χ1v) is 9.50. The number of nitrogens with zero attached hydrogens (tertiary/aromatic N) is 2. The molecule has 1 atom stereocenters. The van der Waals surface area contributed by atoms with Crippen LogP contribution in [0.3, 0.4) is 0 Å². The number of rotatable bonds is 9. The van der Waals surface area contributed by atoms with Crippen LogP contribution < -0.4 is 0 Å². The third-order valence-corrected chi connectivity index (χ3v) is 4.33. The molecule has 0 heterocycles. The zero-order chi connectivity index (χ0) is 20.2. The maximum Gasteiger partial charge on any atom is 0.410 e. The molecule has 0 aromatic heterocycles. The fourth-order valence-electron chi connectivity index (χ4n) is 2.56. The summed E-state index contributed by atoms with van der Waals surface area (Å²) in [5.41, 5.74) is 0.126. The third kappa shape index (κ3) is 8.89. The van der Waals surface area contributed by atoms with E-state index in [2.05, 4.69) is 6.07 Å². The largest absolute Gasteiger partial charge is 0.444 e. The van der Waals surface area contributed by atoms with Crippen molar-refractivity contribution in [3.05, 3.63) is 36.0 Å². The molecule has 1 amide bonds. The van der Waals surface area contributed by atoms with Crippen molar-refractivity contribution < 1.29 is 9.53 Å². The summed E-state index contributed by atoms with van der Waals surface area (Å²) in [6, 6.07) is 2.52.